The Kier molecular flexibility index (Phi) is 5.04. The standard InChI is InChI=1S/C20H14F3NO4/c21-20(22,23)13-7-5-12(6-8-13)11-16-14-3-1-2-4-15(14)18(27)24(19(16)28)10-9-17(25)26/h1-8,11H,9-10H2,(H,25,26)/p-1/b16-11-. The van der Waals surface area contributed by atoms with Gasteiger partial charge in [0.15, 0.2) is 0 Å². The van der Waals surface area contributed by atoms with Crippen molar-refractivity contribution in [3.63, 3.8) is 0 Å². The molecular weight excluding hydrogens is 375 g/mol. The minimum Gasteiger partial charge on any atom is -0.550 e. The normalized spacial score (nSPS) is 15.7. The van der Waals surface area contributed by atoms with Gasteiger partial charge in [-0.2, -0.15) is 13.2 Å². The number of amides is 2. The molecule has 2 amide bonds. The summed E-state index contributed by atoms with van der Waals surface area (Å²) in [6.45, 7) is -0.362. The van der Waals surface area contributed by atoms with Gasteiger partial charge >= 0.3 is 6.18 Å². The van der Waals surface area contributed by atoms with E-state index in [1.165, 1.54) is 24.3 Å². The lowest BCUT2D eigenvalue weighted by Crippen LogP contribution is -2.43. The summed E-state index contributed by atoms with van der Waals surface area (Å²) in [5.74, 6) is -2.76. The summed E-state index contributed by atoms with van der Waals surface area (Å²) in [4.78, 5) is 36.8. The minimum atomic E-state index is -4.48. The predicted octanol–water partition coefficient (Wildman–Crippen LogP) is 2.37. The molecule has 0 bridgehead atoms. The van der Waals surface area contributed by atoms with E-state index in [0.717, 1.165) is 17.0 Å². The number of hydrogen-bond acceptors (Lipinski definition) is 4. The van der Waals surface area contributed by atoms with E-state index in [0.29, 0.717) is 11.1 Å². The summed E-state index contributed by atoms with van der Waals surface area (Å²) in [5.41, 5.74) is 0.144. The molecule has 144 valence electrons. The van der Waals surface area contributed by atoms with Gasteiger partial charge in [-0.1, -0.05) is 30.3 Å². The SMILES string of the molecule is O=C([O-])CCN1C(=O)/C(=C\c2ccc(C(F)(F)F)cc2)c2ccccc2C1=O. The Morgan fingerprint density at radius 3 is 2.14 bits per heavy atom. The topological polar surface area (TPSA) is 77.5 Å². The van der Waals surface area contributed by atoms with E-state index in [9.17, 15) is 32.7 Å². The van der Waals surface area contributed by atoms with E-state index in [1.54, 1.807) is 18.2 Å². The first-order valence-corrected chi connectivity index (χ1v) is 8.23. The summed E-state index contributed by atoms with van der Waals surface area (Å²) in [7, 11) is 0. The van der Waals surface area contributed by atoms with Crippen molar-refractivity contribution < 1.29 is 32.7 Å². The van der Waals surface area contributed by atoms with Crippen molar-refractivity contribution in [3.05, 3.63) is 70.8 Å². The van der Waals surface area contributed by atoms with Crippen LogP contribution in [0.2, 0.25) is 0 Å². The van der Waals surface area contributed by atoms with E-state index in [4.69, 9.17) is 0 Å². The molecule has 0 saturated carbocycles. The van der Waals surface area contributed by atoms with Crippen molar-refractivity contribution >= 4 is 29.4 Å². The number of carbonyl (C=O) groups excluding carboxylic acids is 3. The third kappa shape index (κ3) is 3.80. The molecule has 0 fully saturated rings. The maximum Gasteiger partial charge on any atom is 0.416 e. The van der Waals surface area contributed by atoms with Crippen LogP contribution in [-0.4, -0.2) is 29.2 Å². The number of carboxylic acids is 1. The molecule has 0 aliphatic carbocycles. The van der Waals surface area contributed by atoms with Crippen molar-refractivity contribution in [1.29, 1.82) is 0 Å². The lowest BCUT2D eigenvalue weighted by Gasteiger charge is -2.28. The van der Waals surface area contributed by atoms with Gasteiger partial charge in [0, 0.05) is 30.1 Å². The second-order valence-electron chi connectivity index (χ2n) is 6.11. The Balaban J connectivity index is 2.04. The first kappa shape index (κ1) is 19.3. The molecule has 5 nitrogen and oxygen atoms in total. The van der Waals surface area contributed by atoms with Gasteiger partial charge in [0.2, 0.25) is 0 Å². The van der Waals surface area contributed by atoms with Gasteiger partial charge in [-0.25, -0.2) is 0 Å². The summed E-state index contributed by atoms with van der Waals surface area (Å²) in [5, 5.41) is 10.7. The molecule has 0 spiro atoms. The van der Waals surface area contributed by atoms with Crippen molar-refractivity contribution in [2.24, 2.45) is 0 Å². The molecule has 2 aromatic carbocycles. The van der Waals surface area contributed by atoms with Crippen molar-refractivity contribution in [1.82, 2.24) is 4.90 Å². The summed E-state index contributed by atoms with van der Waals surface area (Å²) in [6, 6.07) is 10.5. The fraction of sp³-hybridized carbons (Fsp3) is 0.150. The van der Waals surface area contributed by atoms with Crippen LogP contribution in [0.25, 0.3) is 11.6 Å². The molecule has 3 rings (SSSR count). The van der Waals surface area contributed by atoms with Crippen LogP contribution in [0.4, 0.5) is 13.2 Å². The summed E-state index contributed by atoms with van der Waals surface area (Å²) < 4.78 is 38.1. The van der Waals surface area contributed by atoms with Gasteiger partial charge in [-0.05, 0) is 35.4 Å². The second kappa shape index (κ2) is 7.30. The Morgan fingerprint density at radius 2 is 1.57 bits per heavy atom. The number of benzene rings is 2. The smallest absolute Gasteiger partial charge is 0.416 e. The highest BCUT2D eigenvalue weighted by atomic mass is 19.4. The van der Waals surface area contributed by atoms with Crippen LogP contribution in [0.3, 0.4) is 0 Å². The highest BCUT2D eigenvalue weighted by Gasteiger charge is 2.34. The molecule has 0 atom stereocenters. The molecule has 1 aliphatic heterocycles. The summed E-state index contributed by atoms with van der Waals surface area (Å²) >= 11 is 0. The number of rotatable bonds is 4. The average Bonchev–Trinajstić information content (AvgIpc) is 2.64. The largest absolute Gasteiger partial charge is 0.550 e. The monoisotopic (exact) mass is 388 g/mol. The van der Waals surface area contributed by atoms with Crippen molar-refractivity contribution in [3.8, 4) is 0 Å². The Hall–Kier alpha value is -3.42. The lowest BCUT2D eigenvalue weighted by atomic mass is 9.92. The predicted molar refractivity (Wildman–Crippen MR) is 91.4 cm³/mol. The Bertz CT molecular complexity index is 978. The maximum absolute atomic E-state index is 12.8. The number of carbonyl (C=O) groups is 3. The first-order valence-electron chi connectivity index (χ1n) is 8.23. The second-order valence-corrected chi connectivity index (χ2v) is 6.11. The quantitative estimate of drug-likeness (QED) is 0.595. The van der Waals surface area contributed by atoms with Crippen LogP contribution >= 0.6 is 0 Å². The zero-order valence-corrected chi connectivity index (χ0v) is 14.3. The lowest BCUT2D eigenvalue weighted by molar-refractivity contribution is -0.305. The van der Waals surface area contributed by atoms with Crippen LogP contribution in [0, 0.1) is 0 Å². The Labute approximate surface area is 157 Å². The number of halogens is 3. The molecule has 0 saturated heterocycles. The Morgan fingerprint density at radius 1 is 0.964 bits per heavy atom. The van der Waals surface area contributed by atoms with Gasteiger partial charge in [-0.15, -0.1) is 0 Å². The van der Waals surface area contributed by atoms with E-state index >= 15 is 0 Å². The molecule has 1 aliphatic rings. The van der Waals surface area contributed by atoms with Gasteiger partial charge in [0.25, 0.3) is 11.8 Å². The van der Waals surface area contributed by atoms with E-state index in [1.807, 2.05) is 0 Å². The highest BCUT2D eigenvalue weighted by molar-refractivity contribution is 6.33. The third-order valence-corrected chi connectivity index (χ3v) is 4.26. The van der Waals surface area contributed by atoms with Crippen LogP contribution in [0.15, 0.2) is 48.5 Å². The van der Waals surface area contributed by atoms with Gasteiger partial charge in [-0.3, -0.25) is 14.5 Å². The van der Waals surface area contributed by atoms with Crippen LogP contribution in [-0.2, 0) is 15.8 Å². The number of nitrogens with zero attached hydrogens (tertiary/aromatic N) is 1. The third-order valence-electron chi connectivity index (χ3n) is 4.26. The van der Waals surface area contributed by atoms with E-state index in [2.05, 4.69) is 0 Å². The molecule has 8 heteroatoms. The first-order chi connectivity index (χ1) is 13.2. The molecule has 0 N–H and O–H groups in total. The van der Waals surface area contributed by atoms with E-state index in [-0.39, 0.29) is 17.7 Å². The van der Waals surface area contributed by atoms with Gasteiger partial charge < -0.3 is 9.90 Å². The minimum absolute atomic E-state index is 0.0910. The van der Waals surface area contributed by atoms with Crippen molar-refractivity contribution in [2.75, 3.05) is 6.54 Å². The molecule has 1 heterocycles. The molecular formula is C20H13F3NO4-. The number of carboxylic acid groups (broad SMARTS) is 1. The van der Waals surface area contributed by atoms with Gasteiger partial charge in [0.1, 0.15) is 0 Å². The summed E-state index contributed by atoms with van der Waals surface area (Å²) in [6.07, 6.45) is -3.62. The molecule has 28 heavy (non-hydrogen) atoms. The molecule has 0 aromatic heterocycles. The number of fused-ring (bicyclic) bond motifs is 1. The molecule has 0 radical (unpaired) electrons. The maximum atomic E-state index is 12.8. The number of aliphatic carboxylic acids is 1. The zero-order chi connectivity index (χ0) is 20.5. The number of hydrogen-bond donors (Lipinski definition) is 0. The average molecular weight is 388 g/mol. The van der Waals surface area contributed by atoms with Gasteiger partial charge in [0.05, 0.1) is 5.56 Å². The highest BCUT2D eigenvalue weighted by Crippen LogP contribution is 2.32. The fourth-order valence-corrected chi connectivity index (χ4v) is 2.88. The molecule has 0 unspecified atom stereocenters. The molecule has 2 aromatic rings. The van der Waals surface area contributed by atoms with Crippen LogP contribution < -0.4 is 5.11 Å². The van der Waals surface area contributed by atoms with E-state index < -0.39 is 35.9 Å². The fourth-order valence-electron chi connectivity index (χ4n) is 2.88. The van der Waals surface area contributed by atoms with Crippen LogP contribution in [0.5, 0.6) is 0 Å². The zero-order valence-electron chi connectivity index (χ0n) is 14.3. The number of alkyl halides is 3. The van der Waals surface area contributed by atoms with Crippen LogP contribution in [0.1, 0.15) is 33.5 Å². The van der Waals surface area contributed by atoms with Crippen molar-refractivity contribution in [2.45, 2.75) is 12.6 Å². The number of imide groups is 1.